The van der Waals surface area contributed by atoms with E-state index >= 15 is 0 Å². The van der Waals surface area contributed by atoms with E-state index in [-0.39, 0.29) is 0 Å². The Balaban J connectivity index is 3.64. The summed E-state index contributed by atoms with van der Waals surface area (Å²) in [4.78, 5) is 0. The molecule has 0 aliphatic heterocycles. The maximum atomic E-state index is 3.68. The third-order valence-electron chi connectivity index (χ3n) is 3.89. The topological polar surface area (TPSA) is 24.1 Å². The highest BCUT2D eigenvalue weighted by molar-refractivity contribution is 4.67. The molecular weight excluding hydrogens is 256 g/mol. The van der Waals surface area contributed by atoms with Gasteiger partial charge in [-0.1, -0.05) is 86.0 Å². The summed E-state index contributed by atoms with van der Waals surface area (Å²) in [7, 11) is 0. The van der Waals surface area contributed by atoms with E-state index in [1.54, 1.807) is 0 Å². The van der Waals surface area contributed by atoms with Gasteiger partial charge in [-0.05, 0) is 31.3 Å². The molecule has 2 N–H and O–H groups in total. The first-order valence-electron chi connectivity index (χ1n) is 9.53. The lowest BCUT2D eigenvalue weighted by Crippen LogP contribution is -2.45. The summed E-state index contributed by atoms with van der Waals surface area (Å²) in [5.41, 5.74) is 0. The molecule has 0 rings (SSSR count). The van der Waals surface area contributed by atoms with Gasteiger partial charge in [-0.25, -0.2) is 0 Å². The van der Waals surface area contributed by atoms with Gasteiger partial charge in [0.1, 0.15) is 0 Å². The SMILES string of the molecule is CCCCCCCCCCC(NCC(C)C)NCC(C)C. The van der Waals surface area contributed by atoms with Crippen LogP contribution in [0.15, 0.2) is 0 Å². The average Bonchev–Trinajstić information content (AvgIpc) is 2.43. The third-order valence-corrected chi connectivity index (χ3v) is 3.89. The van der Waals surface area contributed by atoms with Gasteiger partial charge < -0.3 is 10.6 Å². The molecule has 0 radical (unpaired) electrons. The molecule has 0 unspecified atom stereocenters. The maximum Gasteiger partial charge on any atom is 0.0571 e. The van der Waals surface area contributed by atoms with Crippen molar-refractivity contribution in [3.63, 3.8) is 0 Å². The fraction of sp³-hybridized carbons (Fsp3) is 1.00. The summed E-state index contributed by atoms with van der Waals surface area (Å²) >= 11 is 0. The van der Waals surface area contributed by atoms with Crippen molar-refractivity contribution in [2.45, 2.75) is 98.6 Å². The smallest absolute Gasteiger partial charge is 0.0571 e. The Morgan fingerprint density at radius 1 is 0.619 bits per heavy atom. The molecule has 0 amide bonds. The van der Waals surface area contributed by atoms with Crippen molar-refractivity contribution in [2.24, 2.45) is 11.8 Å². The van der Waals surface area contributed by atoms with E-state index in [9.17, 15) is 0 Å². The quantitative estimate of drug-likeness (QED) is 0.315. The van der Waals surface area contributed by atoms with Crippen molar-refractivity contribution in [3.05, 3.63) is 0 Å². The predicted octanol–water partition coefficient (Wildman–Crippen LogP) is 5.33. The van der Waals surface area contributed by atoms with Crippen LogP contribution >= 0.6 is 0 Å². The lowest BCUT2D eigenvalue weighted by molar-refractivity contribution is 0.350. The summed E-state index contributed by atoms with van der Waals surface area (Å²) in [6.07, 6.45) is 13.0. The fourth-order valence-corrected chi connectivity index (χ4v) is 2.51. The summed E-state index contributed by atoms with van der Waals surface area (Å²) < 4.78 is 0. The van der Waals surface area contributed by atoms with Crippen LogP contribution in [-0.2, 0) is 0 Å². The predicted molar refractivity (Wildman–Crippen MR) is 96.7 cm³/mol. The van der Waals surface area contributed by atoms with E-state index < -0.39 is 0 Å². The Hall–Kier alpha value is -0.0800. The van der Waals surface area contributed by atoms with Crippen LogP contribution in [0.1, 0.15) is 92.4 Å². The molecule has 0 aliphatic rings. The second-order valence-corrected chi connectivity index (χ2v) is 7.42. The van der Waals surface area contributed by atoms with Crippen molar-refractivity contribution in [2.75, 3.05) is 13.1 Å². The number of unbranched alkanes of at least 4 members (excludes halogenated alkanes) is 7. The highest BCUT2D eigenvalue weighted by Crippen LogP contribution is 2.10. The van der Waals surface area contributed by atoms with Gasteiger partial charge in [-0.2, -0.15) is 0 Å². The summed E-state index contributed by atoms with van der Waals surface area (Å²) in [6.45, 7) is 13.6. The van der Waals surface area contributed by atoms with E-state index in [0.29, 0.717) is 6.17 Å². The van der Waals surface area contributed by atoms with Crippen molar-refractivity contribution in [1.29, 1.82) is 0 Å². The molecule has 0 saturated carbocycles. The zero-order valence-electron chi connectivity index (χ0n) is 15.5. The van der Waals surface area contributed by atoms with Gasteiger partial charge in [0.05, 0.1) is 6.17 Å². The average molecular weight is 299 g/mol. The second-order valence-electron chi connectivity index (χ2n) is 7.42. The van der Waals surface area contributed by atoms with Crippen LogP contribution in [0.4, 0.5) is 0 Å². The van der Waals surface area contributed by atoms with Crippen LogP contribution in [0, 0.1) is 11.8 Å². The first-order valence-corrected chi connectivity index (χ1v) is 9.53. The van der Waals surface area contributed by atoms with E-state index in [1.165, 1.54) is 57.8 Å². The first-order chi connectivity index (χ1) is 10.1. The second kappa shape index (κ2) is 14.8. The Kier molecular flexibility index (Phi) is 14.8. The van der Waals surface area contributed by atoms with Crippen LogP contribution in [0.2, 0.25) is 0 Å². The zero-order chi connectivity index (χ0) is 15.9. The van der Waals surface area contributed by atoms with Gasteiger partial charge in [0.15, 0.2) is 0 Å². The maximum absolute atomic E-state index is 3.68. The first kappa shape index (κ1) is 20.9. The summed E-state index contributed by atoms with van der Waals surface area (Å²) in [5.74, 6) is 1.46. The Morgan fingerprint density at radius 2 is 1.05 bits per heavy atom. The highest BCUT2D eigenvalue weighted by Gasteiger charge is 2.08. The van der Waals surface area contributed by atoms with Gasteiger partial charge in [-0.3, -0.25) is 0 Å². The minimum absolute atomic E-state index is 0.509. The molecule has 0 fully saturated rings. The van der Waals surface area contributed by atoms with E-state index in [2.05, 4.69) is 45.3 Å². The minimum Gasteiger partial charge on any atom is -0.302 e. The Bertz CT molecular complexity index is 190. The molecule has 0 heterocycles. The molecular formula is C19H42N2. The molecule has 0 atom stereocenters. The van der Waals surface area contributed by atoms with E-state index in [0.717, 1.165) is 24.9 Å². The number of hydrogen-bond acceptors (Lipinski definition) is 2. The van der Waals surface area contributed by atoms with Crippen LogP contribution < -0.4 is 10.6 Å². The summed E-state index contributed by atoms with van der Waals surface area (Å²) in [6, 6.07) is 0. The molecule has 0 bridgehead atoms. The minimum atomic E-state index is 0.509. The van der Waals surface area contributed by atoms with Crippen LogP contribution in [0.25, 0.3) is 0 Å². The molecule has 0 aromatic heterocycles. The zero-order valence-corrected chi connectivity index (χ0v) is 15.5. The van der Waals surface area contributed by atoms with Crippen molar-refractivity contribution in [1.82, 2.24) is 10.6 Å². The lowest BCUT2D eigenvalue weighted by Gasteiger charge is -2.22. The Morgan fingerprint density at radius 3 is 1.48 bits per heavy atom. The molecule has 2 nitrogen and oxygen atoms in total. The molecule has 0 aromatic carbocycles. The number of rotatable bonds is 15. The van der Waals surface area contributed by atoms with Gasteiger partial charge in [0.25, 0.3) is 0 Å². The van der Waals surface area contributed by atoms with Crippen LogP contribution in [-0.4, -0.2) is 19.3 Å². The number of hydrogen-bond donors (Lipinski definition) is 2. The van der Waals surface area contributed by atoms with Crippen LogP contribution in [0.5, 0.6) is 0 Å². The number of nitrogens with one attached hydrogen (secondary N) is 2. The van der Waals surface area contributed by atoms with Crippen LogP contribution in [0.3, 0.4) is 0 Å². The highest BCUT2D eigenvalue weighted by atomic mass is 15.1. The molecule has 0 aromatic rings. The molecule has 0 saturated heterocycles. The van der Waals surface area contributed by atoms with Gasteiger partial charge in [0.2, 0.25) is 0 Å². The molecule has 128 valence electrons. The standard InChI is InChI=1S/C19H42N2/c1-6-7-8-9-10-11-12-13-14-19(20-15-17(2)3)21-16-18(4)5/h17-21H,6-16H2,1-5H3. The monoisotopic (exact) mass is 298 g/mol. The van der Waals surface area contributed by atoms with Crippen molar-refractivity contribution >= 4 is 0 Å². The normalized spacial score (nSPS) is 12.0. The molecule has 0 aliphatic carbocycles. The van der Waals surface area contributed by atoms with E-state index in [4.69, 9.17) is 0 Å². The van der Waals surface area contributed by atoms with Gasteiger partial charge >= 0.3 is 0 Å². The molecule has 21 heavy (non-hydrogen) atoms. The molecule has 0 spiro atoms. The largest absolute Gasteiger partial charge is 0.302 e. The third kappa shape index (κ3) is 16.1. The van der Waals surface area contributed by atoms with Gasteiger partial charge in [0, 0.05) is 0 Å². The lowest BCUT2D eigenvalue weighted by atomic mass is 10.1. The van der Waals surface area contributed by atoms with Crippen molar-refractivity contribution in [3.8, 4) is 0 Å². The molecule has 2 heteroatoms. The Labute approximate surface area is 134 Å². The van der Waals surface area contributed by atoms with E-state index in [1.807, 2.05) is 0 Å². The summed E-state index contributed by atoms with van der Waals surface area (Å²) in [5, 5.41) is 7.36. The fourth-order valence-electron chi connectivity index (χ4n) is 2.51. The van der Waals surface area contributed by atoms with Crippen molar-refractivity contribution < 1.29 is 0 Å². The van der Waals surface area contributed by atoms with Gasteiger partial charge in [-0.15, -0.1) is 0 Å².